The van der Waals surface area contributed by atoms with Crippen molar-refractivity contribution < 1.29 is 4.79 Å². The van der Waals surface area contributed by atoms with Gasteiger partial charge in [0.25, 0.3) is 0 Å². The van der Waals surface area contributed by atoms with E-state index < -0.39 is 0 Å². The first-order chi connectivity index (χ1) is 9.15. The molecule has 0 saturated carbocycles. The monoisotopic (exact) mass is 268 g/mol. The Morgan fingerprint density at radius 2 is 1.42 bits per heavy atom. The average Bonchev–Trinajstić information content (AvgIpc) is 2.41. The lowest BCUT2D eigenvalue weighted by Crippen LogP contribution is -1.93. The summed E-state index contributed by atoms with van der Waals surface area (Å²) in [6, 6.07) is 15.9. The molecule has 0 aliphatic heterocycles. The molecule has 0 aromatic heterocycles. The summed E-state index contributed by atoms with van der Waals surface area (Å²) in [4.78, 5) is 13.0. The number of rotatable bonds is 4. The minimum absolute atomic E-state index is 0.0413. The van der Waals surface area contributed by atoms with E-state index in [1.165, 1.54) is 5.56 Å². The minimum Gasteiger partial charge on any atom is -0.289 e. The van der Waals surface area contributed by atoms with E-state index >= 15 is 0 Å². The molecule has 0 fully saturated rings. The van der Waals surface area contributed by atoms with Crippen molar-refractivity contribution in [3.63, 3.8) is 0 Å². The Balaban J connectivity index is 1.97. The standard InChI is InChI=1S/C17H16OS/c1-13-3-7-15(8-4-13)17(18)11-12-19-16-9-5-14(2)6-10-16/h3-12H,1-2H3/b12-11+. The molecule has 0 spiro atoms. The van der Waals surface area contributed by atoms with Gasteiger partial charge < -0.3 is 0 Å². The molecule has 2 heteroatoms. The summed E-state index contributed by atoms with van der Waals surface area (Å²) in [6.45, 7) is 4.07. The first-order valence-corrected chi connectivity index (χ1v) is 7.04. The number of carbonyl (C=O) groups is 1. The van der Waals surface area contributed by atoms with Crippen LogP contribution in [0.25, 0.3) is 0 Å². The van der Waals surface area contributed by atoms with Crippen LogP contribution in [0.3, 0.4) is 0 Å². The second-order valence-electron chi connectivity index (χ2n) is 4.46. The lowest BCUT2D eigenvalue weighted by atomic mass is 10.1. The van der Waals surface area contributed by atoms with Gasteiger partial charge in [0.05, 0.1) is 0 Å². The zero-order valence-corrected chi connectivity index (χ0v) is 11.9. The van der Waals surface area contributed by atoms with E-state index in [9.17, 15) is 4.79 Å². The van der Waals surface area contributed by atoms with E-state index in [-0.39, 0.29) is 5.78 Å². The van der Waals surface area contributed by atoms with E-state index in [1.807, 2.05) is 36.6 Å². The number of hydrogen-bond acceptors (Lipinski definition) is 2. The lowest BCUT2D eigenvalue weighted by molar-refractivity contribution is 0.104. The molecule has 0 aliphatic rings. The fourth-order valence-corrected chi connectivity index (χ4v) is 2.25. The zero-order chi connectivity index (χ0) is 13.7. The number of hydrogen-bond donors (Lipinski definition) is 0. The van der Waals surface area contributed by atoms with E-state index in [4.69, 9.17) is 0 Å². The summed E-state index contributed by atoms with van der Waals surface area (Å²) in [5.74, 6) is 0.0413. The molecule has 0 atom stereocenters. The Bertz CT molecular complexity index is 580. The van der Waals surface area contributed by atoms with Gasteiger partial charge in [-0.25, -0.2) is 0 Å². The van der Waals surface area contributed by atoms with Crippen molar-refractivity contribution in [1.82, 2.24) is 0 Å². The fourth-order valence-electron chi connectivity index (χ4n) is 1.61. The topological polar surface area (TPSA) is 17.1 Å². The van der Waals surface area contributed by atoms with Crippen LogP contribution in [0.2, 0.25) is 0 Å². The summed E-state index contributed by atoms with van der Waals surface area (Å²) >= 11 is 1.55. The molecular formula is C17H16OS. The van der Waals surface area contributed by atoms with Gasteiger partial charge >= 0.3 is 0 Å². The molecule has 0 amide bonds. The van der Waals surface area contributed by atoms with Gasteiger partial charge in [-0.05, 0) is 37.5 Å². The van der Waals surface area contributed by atoms with Crippen LogP contribution in [0, 0.1) is 13.8 Å². The summed E-state index contributed by atoms with van der Waals surface area (Å²) in [5, 5.41) is 1.84. The van der Waals surface area contributed by atoms with Crippen LogP contribution in [0.4, 0.5) is 0 Å². The molecule has 19 heavy (non-hydrogen) atoms. The molecule has 2 aromatic rings. The van der Waals surface area contributed by atoms with Crippen LogP contribution in [-0.4, -0.2) is 5.78 Å². The first kappa shape index (κ1) is 13.6. The van der Waals surface area contributed by atoms with Crippen molar-refractivity contribution in [3.8, 4) is 0 Å². The summed E-state index contributed by atoms with van der Waals surface area (Å²) < 4.78 is 0. The molecule has 0 saturated heterocycles. The van der Waals surface area contributed by atoms with Crippen molar-refractivity contribution in [2.24, 2.45) is 0 Å². The third-order valence-corrected chi connectivity index (χ3v) is 3.60. The molecule has 0 heterocycles. The molecular weight excluding hydrogens is 252 g/mol. The van der Waals surface area contributed by atoms with Crippen LogP contribution in [0.1, 0.15) is 21.5 Å². The van der Waals surface area contributed by atoms with Gasteiger partial charge in [-0.1, -0.05) is 59.3 Å². The van der Waals surface area contributed by atoms with Crippen molar-refractivity contribution >= 4 is 17.5 Å². The highest BCUT2D eigenvalue weighted by Gasteiger charge is 2.00. The predicted molar refractivity (Wildman–Crippen MR) is 81.7 cm³/mol. The Kier molecular flexibility index (Phi) is 4.58. The highest BCUT2D eigenvalue weighted by molar-refractivity contribution is 8.02. The van der Waals surface area contributed by atoms with Gasteiger partial charge in [0, 0.05) is 10.5 Å². The molecule has 0 bridgehead atoms. The number of carbonyl (C=O) groups excluding carboxylic acids is 1. The number of thioether (sulfide) groups is 1. The molecule has 0 unspecified atom stereocenters. The van der Waals surface area contributed by atoms with Gasteiger partial charge in [-0.15, -0.1) is 0 Å². The smallest absolute Gasteiger partial charge is 0.186 e. The number of allylic oxidation sites excluding steroid dienone is 1. The van der Waals surface area contributed by atoms with Crippen LogP contribution in [0.15, 0.2) is 64.9 Å². The number of benzene rings is 2. The zero-order valence-electron chi connectivity index (χ0n) is 11.1. The Morgan fingerprint density at radius 3 is 2.00 bits per heavy atom. The van der Waals surface area contributed by atoms with Gasteiger partial charge in [0.15, 0.2) is 5.78 Å². The molecule has 96 valence electrons. The second kappa shape index (κ2) is 6.39. The van der Waals surface area contributed by atoms with Crippen LogP contribution < -0.4 is 0 Å². The maximum absolute atomic E-state index is 11.9. The normalized spacial score (nSPS) is 10.8. The van der Waals surface area contributed by atoms with Crippen molar-refractivity contribution in [1.29, 1.82) is 0 Å². The largest absolute Gasteiger partial charge is 0.289 e. The van der Waals surface area contributed by atoms with Crippen LogP contribution in [0.5, 0.6) is 0 Å². The Hall–Kier alpha value is -1.80. The fraction of sp³-hybridized carbons (Fsp3) is 0.118. The first-order valence-electron chi connectivity index (χ1n) is 6.16. The number of ketones is 1. The SMILES string of the molecule is Cc1ccc(S/C=C/C(=O)c2ccc(C)cc2)cc1. The van der Waals surface area contributed by atoms with Crippen LogP contribution >= 0.6 is 11.8 Å². The molecule has 0 aliphatic carbocycles. The highest BCUT2D eigenvalue weighted by Crippen LogP contribution is 2.19. The second-order valence-corrected chi connectivity index (χ2v) is 5.44. The van der Waals surface area contributed by atoms with E-state index in [0.717, 1.165) is 16.0 Å². The Morgan fingerprint density at radius 1 is 0.895 bits per heavy atom. The quantitative estimate of drug-likeness (QED) is 0.450. The molecule has 1 nitrogen and oxygen atoms in total. The summed E-state index contributed by atoms with van der Waals surface area (Å²) in [6.07, 6.45) is 1.62. The van der Waals surface area contributed by atoms with Crippen molar-refractivity contribution in [2.45, 2.75) is 18.7 Å². The lowest BCUT2D eigenvalue weighted by Gasteiger charge is -1.98. The van der Waals surface area contributed by atoms with Crippen molar-refractivity contribution in [2.75, 3.05) is 0 Å². The van der Waals surface area contributed by atoms with E-state index in [0.29, 0.717) is 0 Å². The Labute approximate surface area is 118 Å². The highest BCUT2D eigenvalue weighted by atomic mass is 32.2. The van der Waals surface area contributed by atoms with Gasteiger partial charge in [0.1, 0.15) is 0 Å². The van der Waals surface area contributed by atoms with E-state index in [1.54, 1.807) is 17.8 Å². The van der Waals surface area contributed by atoms with Gasteiger partial charge in [-0.3, -0.25) is 4.79 Å². The van der Waals surface area contributed by atoms with Crippen LogP contribution in [-0.2, 0) is 0 Å². The molecule has 0 radical (unpaired) electrons. The molecule has 2 rings (SSSR count). The van der Waals surface area contributed by atoms with Gasteiger partial charge in [-0.2, -0.15) is 0 Å². The van der Waals surface area contributed by atoms with E-state index in [2.05, 4.69) is 31.2 Å². The maximum atomic E-state index is 11.9. The third-order valence-electron chi connectivity index (χ3n) is 2.78. The summed E-state index contributed by atoms with van der Waals surface area (Å²) in [7, 11) is 0. The maximum Gasteiger partial charge on any atom is 0.186 e. The third kappa shape index (κ3) is 4.11. The number of aryl methyl sites for hydroxylation is 2. The molecule has 0 N–H and O–H groups in total. The van der Waals surface area contributed by atoms with Gasteiger partial charge in [0.2, 0.25) is 0 Å². The molecule has 2 aromatic carbocycles. The average molecular weight is 268 g/mol. The minimum atomic E-state index is 0.0413. The van der Waals surface area contributed by atoms with Crippen molar-refractivity contribution in [3.05, 3.63) is 76.7 Å². The summed E-state index contributed by atoms with van der Waals surface area (Å²) in [5.41, 5.74) is 3.13. The predicted octanol–water partition coefficient (Wildman–Crippen LogP) is 4.79.